The molecule has 1 saturated carbocycles. The number of hydrogen-bond acceptors (Lipinski definition) is 0. The van der Waals surface area contributed by atoms with Crippen LogP contribution in [0.5, 0.6) is 0 Å². The topological polar surface area (TPSA) is 0 Å². The van der Waals surface area contributed by atoms with Gasteiger partial charge in [-0.05, 0) is 31.6 Å². The highest BCUT2D eigenvalue weighted by Gasteiger charge is 2.12. The summed E-state index contributed by atoms with van der Waals surface area (Å²) in [6.07, 6.45) is 6.32. The molecule has 0 nitrogen and oxygen atoms in total. The molecule has 0 aromatic carbocycles. The van der Waals surface area contributed by atoms with Crippen LogP contribution in [0.3, 0.4) is 0 Å². The molecule has 51 valence electrons. The first-order chi connectivity index (χ1) is 4.33. The molecule has 0 amide bonds. The largest absolute Gasteiger partial charge is 0.0999 e. The van der Waals surface area contributed by atoms with E-state index in [1.54, 1.807) is 0 Å². The molecule has 9 heavy (non-hydrogen) atoms. The van der Waals surface area contributed by atoms with Crippen LogP contribution < -0.4 is 0 Å². The molecule has 1 aliphatic rings. The number of allylic oxidation sites excluding steroid dienone is 1. The van der Waals surface area contributed by atoms with Crippen molar-refractivity contribution >= 4 is 0 Å². The molecule has 1 aliphatic carbocycles. The molecule has 1 atom stereocenters. The van der Waals surface area contributed by atoms with Crippen molar-refractivity contribution in [3.8, 4) is 0 Å². The third kappa shape index (κ3) is 1.85. The summed E-state index contributed by atoms with van der Waals surface area (Å²) in [5.41, 5.74) is 1.44. The summed E-state index contributed by atoms with van der Waals surface area (Å²) in [5, 5.41) is 0. The lowest BCUT2D eigenvalue weighted by Crippen LogP contribution is -2.06. The second kappa shape index (κ2) is 3.05. The average molecular weight is 123 g/mol. The van der Waals surface area contributed by atoms with Gasteiger partial charge in [0.2, 0.25) is 0 Å². The van der Waals surface area contributed by atoms with Gasteiger partial charge in [-0.15, -0.1) is 0 Å². The van der Waals surface area contributed by atoms with Crippen LogP contribution >= 0.6 is 0 Å². The normalized spacial score (nSPS) is 28.6. The maximum atomic E-state index is 3.98. The fourth-order valence-corrected chi connectivity index (χ4v) is 1.50. The Morgan fingerprint density at radius 1 is 1.56 bits per heavy atom. The van der Waals surface area contributed by atoms with Gasteiger partial charge >= 0.3 is 0 Å². The van der Waals surface area contributed by atoms with Gasteiger partial charge in [-0.3, -0.25) is 0 Å². The lowest BCUT2D eigenvalue weighted by atomic mass is 9.85. The molecule has 0 bridgehead atoms. The Bertz CT molecular complexity index is 103. The Hall–Kier alpha value is -0.260. The van der Waals surface area contributed by atoms with Crippen molar-refractivity contribution in [2.75, 3.05) is 0 Å². The van der Waals surface area contributed by atoms with Crippen LogP contribution in [0.15, 0.2) is 12.2 Å². The molecule has 1 unspecified atom stereocenters. The highest BCUT2D eigenvalue weighted by atomic mass is 14.2. The maximum absolute atomic E-state index is 3.98. The SMILES string of the molecule is [CH2]CC1CCCC(=C)C1. The van der Waals surface area contributed by atoms with Crippen LogP contribution in [0.25, 0.3) is 0 Å². The minimum atomic E-state index is 0.853. The van der Waals surface area contributed by atoms with Gasteiger partial charge in [0.25, 0.3) is 0 Å². The fourth-order valence-electron chi connectivity index (χ4n) is 1.50. The molecule has 0 saturated heterocycles. The van der Waals surface area contributed by atoms with Gasteiger partial charge in [0.1, 0.15) is 0 Å². The molecule has 0 aromatic rings. The first-order valence-corrected chi connectivity index (χ1v) is 3.79. The van der Waals surface area contributed by atoms with Crippen molar-refractivity contribution in [1.82, 2.24) is 0 Å². The molecule has 1 radical (unpaired) electrons. The third-order valence-corrected chi connectivity index (χ3v) is 2.13. The average Bonchev–Trinajstić information content (AvgIpc) is 1.88. The van der Waals surface area contributed by atoms with Gasteiger partial charge < -0.3 is 0 Å². The quantitative estimate of drug-likeness (QED) is 0.470. The van der Waals surface area contributed by atoms with Crippen LogP contribution in [0, 0.1) is 12.8 Å². The van der Waals surface area contributed by atoms with Gasteiger partial charge in [-0.2, -0.15) is 0 Å². The van der Waals surface area contributed by atoms with E-state index in [4.69, 9.17) is 0 Å². The zero-order chi connectivity index (χ0) is 6.69. The lowest BCUT2D eigenvalue weighted by molar-refractivity contribution is 0.422. The van der Waals surface area contributed by atoms with E-state index < -0.39 is 0 Å². The Balaban J connectivity index is 2.32. The van der Waals surface area contributed by atoms with Gasteiger partial charge in [0.15, 0.2) is 0 Å². The van der Waals surface area contributed by atoms with Gasteiger partial charge in [-0.25, -0.2) is 0 Å². The van der Waals surface area contributed by atoms with Gasteiger partial charge in [-0.1, -0.05) is 25.5 Å². The van der Waals surface area contributed by atoms with Crippen molar-refractivity contribution in [1.29, 1.82) is 0 Å². The summed E-state index contributed by atoms with van der Waals surface area (Å²) >= 11 is 0. The molecular weight excluding hydrogens is 108 g/mol. The molecule has 0 spiro atoms. The summed E-state index contributed by atoms with van der Waals surface area (Å²) in [6.45, 7) is 7.89. The Morgan fingerprint density at radius 3 is 2.78 bits per heavy atom. The van der Waals surface area contributed by atoms with E-state index in [1.807, 2.05) is 0 Å². The molecule has 0 heteroatoms. The van der Waals surface area contributed by atoms with Crippen LogP contribution in [-0.4, -0.2) is 0 Å². The second-order valence-corrected chi connectivity index (χ2v) is 3.00. The second-order valence-electron chi connectivity index (χ2n) is 3.00. The lowest BCUT2D eigenvalue weighted by Gasteiger charge is -2.21. The monoisotopic (exact) mass is 123 g/mol. The molecular formula is C9H15. The highest BCUT2D eigenvalue weighted by Crippen LogP contribution is 2.28. The standard InChI is InChI=1S/C9H15/c1-3-9-6-4-5-8(2)7-9/h9H,1-7H2. The minimum Gasteiger partial charge on any atom is -0.0999 e. The molecule has 0 N–H and O–H groups in total. The first-order valence-electron chi connectivity index (χ1n) is 3.79. The summed E-state index contributed by atoms with van der Waals surface area (Å²) in [4.78, 5) is 0. The van der Waals surface area contributed by atoms with Crippen molar-refractivity contribution in [2.24, 2.45) is 5.92 Å². The van der Waals surface area contributed by atoms with Crippen LogP contribution in [0.2, 0.25) is 0 Å². The Kier molecular flexibility index (Phi) is 2.32. The summed E-state index contributed by atoms with van der Waals surface area (Å²) in [5.74, 6) is 0.853. The first kappa shape index (κ1) is 6.85. The zero-order valence-electron chi connectivity index (χ0n) is 6.03. The van der Waals surface area contributed by atoms with E-state index in [2.05, 4.69) is 13.5 Å². The van der Waals surface area contributed by atoms with Crippen molar-refractivity contribution < 1.29 is 0 Å². The predicted octanol–water partition coefficient (Wildman–Crippen LogP) is 2.96. The van der Waals surface area contributed by atoms with E-state index in [0.717, 1.165) is 12.3 Å². The molecule has 0 heterocycles. The van der Waals surface area contributed by atoms with Crippen LogP contribution in [-0.2, 0) is 0 Å². The molecule has 0 aliphatic heterocycles. The van der Waals surface area contributed by atoms with E-state index in [-0.39, 0.29) is 0 Å². The van der Waals surface area contributed by atoms with Crippen LogP contribution in [0.1, 0.15) is 32.1 Å². The zero-order valence-corrected chi connectivity index (χ0v) is 6.03. The fraction of sp³-hybridized carbons (Fsp3) is 0.667. The van der Waals surface area contributed by atoms with Gasteiger partial charge in [0, 0.05) is 0 Å². The van der Waals surface area contributed by atoms with E-state index in [9.17, 15) is 0 Å². The third-order valence-electron chi connectivity index (χ3n) is 2.13. The van der Waals surface area contributed by atoms with Crippen molar-refractivity contribution in [3.63, 3.8) is 0 Å². The van der Waals surface area contributed by atoms with Crippen LogP contribution in [0.4, 0.5) is 0 Å². The summed E-state index contributed by atoms with van der Waals surface area (Å²) < 4.78 is 0. The Morgan fingerprint density at radius 2 is 2.33 bits per heavy atom. The van der Waals surface area contributed by atoms with E-state index in [0.29, 0.717) is 0 Å². The Labute approximate surface area is 58.0 Å². The molecule has 1 fully saturated rings. The number of hydrogen-bond donors (Lipinski definition) is 0. The predicted molar refractivity (Wildman–Crippen MR) is 41.1 cm³/mol. The van der Waals surface area contributed by atoms with E-state index in [1.165, 1.54) is 31.3 Å². The highest BCUT2D eigenvalue weighted by molar-refractivity contribution is 4.99. The number of rotatable bonds is 1. The molecule has 1 rings (SSSR count). The van der Waals surface area contributed by atoms with E-state index >= 15 is 0 Å². The van der Waals surface area contributed by atoms with Gasteiger partial charge in [0.05, 0.1) is 0 Å². The van der Waals surface area contributed by atoms with Crippen molar-refractivity contribution in [3.05, 3.63) is 19.1 Å². The maximum Gasteiger partial charge on any atom is -0.0294 e. The minimum absolute atomic E-state index is 0.853. The summed E-state index contributed by atoms with van der Waals surface area (Å²) in [6, 6.07) is 0. The smallest absolute Gasteiger partial charge is 0.0294 e. The molecule has 0 aromatic heterocycles. The summed E-state index contributed by atoms with van der Waals surface area (Å²) in [7, 11) is 0. The van der Waals surface area contributed by atoms with Crippen molar-refractivity contribution in [2.45, 2.75) is 32.1 Å².